The molecule has 0 aromatic heterocycles. The Hall–Kier alpha value is -2.27. The van der Waals surface area contributed by atoms with E-state index >= 15 is 0 Å². The van der Waals surface area contributed by atoms with Crippen molar-refractivity contribution in [3.05, 3.63) is 57.6 Å². The maximum absolute atomic E-state index is 12.9. The third-order valence-electron chi connectivity index (χ3n) is 4.54. The highest BCUT2D eigenvalue weighted by atomic mass is 35.5. The number of allylic oxidation sites excluding steroid dienone is 2. The quantitative estimate of drug-likeness (QED) is 0.816. The number of ether oxygens (including phenoxy) is 2. The minimum atomic E-state index is -0.640. The molecule has 0 fully saturated rings. The molecule has 0 amide bonds. The molecule has 0 radical (unpaired) electrons. The molecule has 0 unspecified atom stereocenters. The van der Waals surface area contributed by atoms with Gasteiger partial charge in [-0.1, -0.05) is 37.6 Å². The van der Waals surface area contributed by atoms with Gasteiger partial charge in [-0.2, -0.15) is 0 Å². The van der Waals surface area contributed by atoms with Crippen LogP contribution in [0.4, 0.5) is 0 Å². The van der Waals surface area contributed by atoms with Crippen molar-refractivity contribution in [1.29, 1.82) is 0 Å². The fourth-order valence-corrected chi connectivity index (χ4v) is 3.71. The van der Waals surface area contributed by atoms with Gasteiger partial charge < -0.3 is 15.2 Å². The number of nitrogens with two attached hydrogens (primary N) is 1. The number of carbonyl (C=O) groups is 2. The molecule has 1 aromatic carbocycles. The van der Waals surface area contributed by atoms with Crippen molar-refractivity contribution in [3.8, 4) is 0 Å². The van der Waals surface area contributed by atoms with E-state index in [0.717, 1.165) is 0 Å². The van der Waals surface area contributed by atoms with Gasteiger partial charge in [0.15, 0.2) is 5.78 Å². The third-order valence-corrected chi connectivity index (χ3v) is 4.78. The number of carbonyl (C=O) groups excluding carboxylic acids is 2. The molecular weight excluding hydrogens is 342 g/mol. The van der Waals surface area contributed by atoms with Gasteiger partial charge in [0.1, 0.15) is 11.3 Å². The van der Waals surface area contributed by atoms with Crippen LogP contribution in [-0.4, -0.2) is 18.9 Å². The average Bonchev–Trinajstić information content (AvgIpc) is 2.51. The zero-order chi connectivity index (χ0) is 18.4. The number of methoxy groups -OCH3 is 1. The third kappa shape index (κ3) is 3.16. The first-order chi connectivity index (χ1) is 11.7. The van der Waals surface area contributed by atoms with Gasteiger partial charge in [0.25, 0.3) is 0 Å². The second kappa shape index (κ2) is 6.23. The van der Waals surface area contributed by atoms with E-state index in [-0.39, 0.29) is 22.7 Å². The van der Waals surface area contributed by atoms with E-state index in [1.807, 2.05) is 19.9 Å². The van der Waals surface area contributed by atoms with Crippen LogP contribution in [0.1, 0.15) is 38.2 Å². The monoisotopic (exact) mass is 361 g/mol. The van der Waals surface area contributed by atoms with Crippen molar-refractivity contribution < 1.29 is 19.1 Å². The van der Waals surface area contributed by atoms with Gasteiger partial charge in [-0.05, 0) is 23.1 Å². The minimum absolute atomic E-state index is 0.0268. The Kier molecular flexibility index (Phi) is 4.37. The molecule has 1 atom stereocenters. The van der Waals surface area contributed by atoms with Crippen molar-refractivity contribution in [1.82, 2.24) is 0 Å². The van der Waals surface area contributed by atoms with Gasteiger partial charge in [-0.25, -0.2) is 4.79 Å². The molecule has 6 heteroatoms. The Bertz CT molecular complexity index is 822. The molecule has 0 saturated carbocycles. The smallest absolute Gasteiger partial charge is 0.340 e. The normalized spacial score (nSPS) is 22.4. The van der Waals surface area contributed by atoms with Crippen LogP contribution in [0.5, 0.6) is 0 Å². The van der Waals surface area contributed by atoms with Gasteiger partial charge in [0, 0.05) is 23.4 Å². The molecule has 1 aliphatic carbocycles. The van der Waals surface area contributed by atoms with Gasteiger partial charge in [-0.3, -0.25) is 4.79 Å². The number of esters is 1. The highest BCUT2D eigenvalue weighted by Crippen LogP contribution is 2.48. The molecule has 3 rings (SSSR count). The van der Waals surface area contributed by atoms with Crippen LogP contribution in [0.3, 0.4) is 0 Å². The molecule has 132 valence electrons. The largest absolute Gasteiger partial charge is 0.465 e. The molecule has 1 aromatic rings. The second-order valence-electron chi connectivity index (χ2n) is 7.14. The van der Waals surface area contributed by atoms with E-state index in [0.29, 0.717) is 34.8 Å². The van der Waals surface area contributed by atoms with Crippen LogP contribution in [0.2, 0.25) is 5.02 Å². The SMILES string of the molecule is COC(=O)C1=C(N)OC2=C(C(=O)CC(C)(C)C2)[C@H]1c1cccc(Cl)c1. The fourth-order valence-electron chi connectivity index (χ4n) is 3.51. The van der Waals surface area contributed by atoms with Crippen molar-refractivity contribution in [2.45, 2.75) is 32.6 Å². The van der Waals surface area contributed by atoms with E-state index in [9.17, 15) is 9.59 Å². The number of Topliss-reactive ketones (excluding diaryl/α,β-unsaturated/α-hetero) is 1. The molecule has 0 spiro atoms. The van der Waals surface area contributed by atoms with Crippen LogP contribution in [0, 0.1) is 5.41 Å². The summed E-state index contributed by atoms with van der Waals surface area (Å²) in [5.74, 6) is -0.812. The van der Waals surface area contributed by atoms with Crippen LogP contribution < -0.4 is 5.73 Å². The minimum Gasteiger partial charge on any atom is -0.465 e. The lowest BCUT2D eigenvalue weighted by Crippen LogP contribution is -2.35. The Morgan fingerprint density at radius 3 is 2.72 bits per heavy atom. The maximum atomic E-state index is 12.9. The first kappa shape index (κ1) is 17.5. The lowest BCUT2D eigenvalue weighted by molar-refractivity contribution is -0.136. The number of benzene rings is 1. The first-order valence-electron chi connectivity index (χ1n) is 8.01. The summed E-state index contributed by atoms with van der Waals surface area (Å²) in [6.07, 6.45) is 0.945. The van der Waals surface area contributed by atoms with Crippen LogP contribution in [-0.2, 0) is 19.1 Å². The van der Waals surface area contributed by atoms with E-state index in [4.69, 9.17) is 26.8 Å². The van der Waals surface area contributed by atoms with Gasteiger partial charge in [0.05, 0.1) is 13.0 Å². The summed E-state index contributed by atoms with van der Waals surface area (Å²) >= 11 is 6.12. The summed E-state index contributed by atoms with van der Waals surface area (Å²) in [7, 11) is 1.27. The zero-order valence-corrected chi connectivity index (χ0v) is 15.1. The van der Waals surface area contributed by atoms with Crippen molar-refractivity contribution in [2.75, 3.05) is 7.11 Å². The lowest BCUT2D eigenvalue weighted by Gasteiger charge is -2.37. The average molecular weight is 362 g/mol. The van der Waals surface area contributed by atoms with Crippen LogP contribution >= 0.6 is 11.6 Å². The molecule has 2 N–H and O–H groups in total. The topological polar surface area (TPSA) is 78.6 Å². The highest BCUT2D eigenvalue weighted by Gasteiger charge is 2.44. The predicted octanol–water partition coefficient (Wildman–Crippen LogP) is 3.44. The van der Waals surface area contributed by atoms with Crippen molar-refractivity contribution in [3.63, 3.8) is 0 Å². The summed E-state index contributed by atoms with van der Waals surface area (Å²) in [5.41, 5.74) is 7.13. The number of halogens is 1. The van der Waals surface area contributed by atoms with Crippen molar-refractivity contribution in [2.24, 2.45) is 11.1 Å². The van der Waals surface area contributed by atoms with E-state index in [1.54, 1.807) is 18.2 Å². The summed E-state index contributed by atoms with van der Waals surface area (Å²) < 4.78 is 10.6. The van der Waals surface area contributed by atoms with Crippen LogP contribution in [0.15, 0.2) is 47.1 Å². The summed E-state index contributed by atoms with van der Waals surface area (Å²) in [4.78, 5) is 25.2. The molecular formula is C19H20ClNO4. The zero-order valence-electron chi connectivity index (χ0n) is 14.4. The Labute approximate surface area is 151 Å². The standard InChI is InChI=1S/C19H20ClNO4/c1-19(2)8-12(22)15-13(9-19)25-17(21)16(18(23)24-3)14(15)10-5-4-6-11(20)7-10/h4-7,14H,8-9,21H2,1-3H3/t14-/m1/s1. The van der Waals surface area contributed by atoms with Crippen molar-refractivity contribution >= 4 is 23.4 Å². The molecule has 1 aliphatic heterocycles. The van der Waals surface area contributed by atoms with E-state index in [2.05, 4.69) is 0 Å². The maximum Gasteiger partial charge on any atom is 0.340 e. The van der Waals surface area contributed by atoms with E-state index < -0.39 is 11.9 Å². The predicted molar refractivity (Wildman–Crippen MR) is 93.6 cm³/mol. The number of hydrogen-bond acceptors (Lipinski definition) is 5. The fraction of sp³-hybridized carbons (Fsp3) is 0.368. The number of ketones is 1. The lowest BCUT2D eigenvalue weighted by atomic mass is 9.70. The van der Waals surface area contributed by atoms with Crippen LogP contribution in [0.25, 0.3) is 0 Å². The summed E-state index contributed by atoms with van der Waals surface area (Å²) in [5, 5.41) is 0.512. The van der Waals surface area contributed by atoms with Gasteiger partial charge >= 0.3 is 5.97 Å². The Balaban J connectivity index is 2.21. The number of rotatable bonds is 2. The second-order valence-corrected chi connectivity index (χ2v) is 7.57. The first-order valence-corrected chi connectivity index (χ1v) is 8.39. The van der Waals surface area contributed by atoms with E-state index in [1.165, 1.54) is 7.11 Å². The Morgan fingerprint density at radius 1 is 1.36 bits per heavy atom. The summed E-state index contributed by atoms with van der Waals surface area (Å²) in [6, 6.07) is 7.05. The molecule has 0 saturated heterocycles. The Morgan fingerprint density at radius 2 is 2.08 bits per heavy atom. The molecule has 25 heavy (non-hydrogen) atoms. The molecule has 1 heterocycles. The van der Waals surface area contributed by atoms with Gasteiger partial charge in [0.2, 0.25) is 5.88 Å². The summed E-state index contributed by atoms with van der Waals surface area (Å²) in [6.45, 7) is 4.00. The molecule has 0 bridgehead atoms. The molecule has 5 nitrogen and oxygen atoms in total. The highest BCUT2D eigenvalue weighted by molar-refractivity contribution is 6.30. The molecule has 2 aliphatic rings. The van der Waals surface area contributed by atoms with Gasteiger partial charge in [-0.15, -0.1) is 0 Å². The number of hydrogen-bond donors (Lipinski definition) is 1.